The summed E-state index contributed by atoms with van der Waals surface area (Å²) in [4.78, 5) is 18.2. The van der Waals surface area contributed by atoms with Gasteiger partial charge in [-0.2, -0.15) is 0 Å². The van der Waals surface area contributed by atoms with Gasteiger partial charge in [0.2, 0.25) is 0 Å². The first kappa shape index (κ1) is 23.1. The number of aromatic hydroxyl groups is 1. The van der Waals surface area contributed by atoms with E-state index in [1.807, 2.05) is 43.6 Å². The molecule has 8 nitrogen and oxygen atoms in total. The largest absolute Gasteiger partial charge is 0.504 e. The van der Waals surface area contributed by atoms with E-state index >= 15 is 0 Å². The molecule has 4 aliphatic rings. The monoisotopic (exact) mass is 503 g/mol. The predicted molar refractivity (Wildman–Crippen MR) is 138 cm³/mol. The number of ether oxygens (including phenoxy) is 2. The highest BCUT2D eigenvalue weighted by Crippen LogP contribution is 2.66. The van der Waals surface area contributed by atoms with E-state index in [2.05, 4.69) is 22.2 Å². The summed E-state index contributed by atoms with van der Waals surface area (Å²) in [5.74, 6) is -0.170. The highest BCUT2D eigenvalue weighted by Gasteiger charge is 2.73. The first-order valence-electron chi connectivity index (χ1n) is 13.2. The quantitative estimate of drug-likeness (QED) is 0.410. The first-order valence-corrected chi connectivity index (χ1v) is 13.2. The summed E-state index contributed by atoms with van der Waals surface area (Å²) in [6.07, 6.45) is 5.15. The third-order valence-corrected chi connectivity index (χ3v) is 9.87. The number of H-pyrrole nitrogens is 1. The Morgan fingerprint density at radius 2 is 2.14 bits per heavy atom. The van der Waals surface area contributed by atoms with Crippen molar-refractivity contribution in [3.63, 3.8) is 0 Å². The van der Waals surface area contributed by atoms with Gasteiger partial charge in [0.25, 0.3) is 0 Å². The van der Waals surface area contributed by atoms with Crippen LogP contribution in [-0.4, -0.2) is 76.6 Å². The number of fused-ring (bicyclic) bond motifs is 1. The number of carbonyl (C=O) groups is 1. The third-order valence-electron chi connectivity index (χ3n) is 9.87. The number of likely N-dealkylation sites (tertiary alicyclic amines) is 1. The molecule has 3 heterocycles. The number of benzene rings is 2. The van der Waals surface area contributed by atoms with Crippen LogP contribution in [-0.2, 0) is 27.8 Å². The number of aromatic nitrogens is 1. The molecule has 2 aromatic carbocycles. The summed E-state index contributed by atoms with van der Waals surface area (Å²) >= 11 is 0. The maximum Gasteiger partial charge on any atom is 0.321 e. The number of aromatic amines is 1. The summed E-state index contributed by atoms with van der Waals surface area (Å²) < 4.78 is 13.2. The van der Waals surface area contributed by atoms with E-state index in [9.17, 15) is 15.0 Å². The summed E-state index contributed by atoms with van der Waals surface area (Å²) in [6.45, 7) is 0.897. The average molecular weight is 504 g/mol. The Labute approximate surface area is 215 Å². The van der Waals surface area contributed by atoms with Gasteiger partial charge in [0.1, 0.15) is 12.1 Å². The number of phenolic OH excluding ortho intramolecular Hbond substituents is 1. The number of carboxylic acid groups (broad SMARTS) is 1. The lowest BCUT2D eigenvalue weighted by Gasteiger charge is -2.65. The third kappa shape index (κ3) is 2.92. The van der Waals surface area contributed by atoms with Crippen molar-refractivity contribution in [2.45, 2.75) is 67.3 Å². The number of methoxy groups -OCH3 is 1. The van der Waals surface area contributed by atoms with Gasteiger partial charge in [0, 0.05) is 48.3 Å². The number of likely N-dealkylation sites (N-methyl/N-ethyl adjacent to an activating group) is 1. The molecule has 194 valence electrons. The molecule has 1 spiro atoms. The topological polar surface area (TPSA) is 107 Å². The molecule has 4 N–H and O–H groups in total. The molecule has 37 heavy (non-hydrogen) atoms. The molecule has 2 aliphatic carbocycles. The van der Waals surface area contributed by atoms with Gasteiger partial charge in [-0.1, -0.05) is 24.3 Å². The fraction of sp³-hybridized carbons (Fsp3) is 0.483. The lowest BCUT2D eigenvalue weighted by Crippen LogP contribution is -2.78. The van der Waals surface area contributed by atoms with Gasteiger partial charge in [-0.15, -0.1) is 0 Å². The molecular weight excluding hydrogens is 470 g/mol. The van der Waals surface area contributed by atoms with Crippen LogP contribution in [0.1, 0.15) is 36.0 Å². The van der Waals surface area contributed by atoms with Crippen LogP contribution in [0.5, 0.6) is 11.5 Å². The average Bonchev–Trinajstić information content (AvgIpc) is 3.47. The van der Waals surface area contributed by atoms with Gasteiger partial charge < -0.3 is 29.6 Å². The van der Waals surface area contributed by atoms with Crippen molar-refractivity contribution in [1.29, 1.82) is 0 Å². The van der Waals surface area contributed by atoms with Gasteiger partial charge in [-0.25, -0.2) is 0 Å². The molecule has 2 aliphatic heterocycles. The summed E-state index contributed by atoms with van der Waals surface area (Å²) in [7, 11) is 3.98. The molecule has 6 atom stereocenters. The molecule has 8 heteroatoms. The number of phenols is 1. The van der Waals surface area contributed by atoms with E-state index in [0.717, 1.165) is 54.3 Å². The Kier molecular flexibility index (Phi) is 4.97. The van der Waals surface area contributed by atoms with Crippen molar-refractivity contribution in [2.24, 2.45) is 0 Å². The Morgan fingerprint density at radius 3 is 2.95 bits per heavy atom. The zero-order valence-corrected chi connectivity index (χ0v) is 21.2. The number of para-hydroxylation sites is 1. The summed E-state index contributed by atoms with van der Waals surface area (Å²) in [6, 6.07) is 10.9. The van der Waals surface area contributed by atoms with Crippen molar-refractivity contribution >= 4 is 16.9 Å². The van der Waals surface area contributed by atoms with Crippen LogP contribution in [0.4, 0.5) is 0 Å². The number of nitrogens with zero attached hydrogens (tertiary/aromatic N) is 1. The van der Waals surface area contributed by atoms with Crippen LogP contribution in [0.3, 0.4) is 0 Å². The number of nitrogens with one attached hydrogen (secondary N) is 2. The van der Waals surface area contributed by atoms with Gasteiger partial charge in [-0.05, 0) is 62.5 Å². The maximum absolute atomic E-state index is 12.5. The summed E-state index contributed by atoms with van der Waals surface area (Å²) in [5.41, 5.74) is 3.36. The Balaban J connectivity index is 1.28. The maximum atomic E-state index is 12.5. The van der Waals surface area contributed by atoms with Crippen LogP contribution in [0.2, 0.25) is 0 Å². The molecule has 3 aromatic rings. The van der Waals surface area contributed by atoms with Crippen molar-refractivity contribution in [1.82, 2.24) is 15.2 Å². The normalized spacial score (nSPS) is 32.6. The van der Waals surface area contributed by atoms with E-state index < -0.39 is 23.0 Å². The van der Waals surface area contributed by atoms with Crippen molar-refractivity contribution in [3.8, 4) is 11.5 Å². The second-order valence-corrected chi connectivity index (χ2v) is 11.3. The Morgan fingerprint density at radius 1 is 1.30 bits per heavy atom. The van der Waals surface area contributed by atoms with E-state index in [0.29, 0.717) is 12.2 Å². The number of hydrogen-bond acceptors (Lipinski definition) is 6. The number of aliphatic carboxylic acids is 1. The molecular formula is C29H33N3O5. The zero-order chi connectivity index (χ0) is 25.5. The van der Waals surface area contributed by atoms with E-state index in [1.54, 1.807) is 6.07 Å². The molecule has 1 aromatic heterocycles. The van der Waals surface area contributed by atoms with Gasteiger partial charge in [0.15, 0.2) is 11.5 Å². The minimum atomic E-state index is -0.879. The highest BCUT2D eigenvalue weighted by atomic mass is 16.5. The molecule has 0 radical (unpaired) electrons. The van der Waals surface area contributed by atoms with Crippen molar-refractivity contribution in [3.05, 3.63) is 59.3 Å². The van der Waals surface area contributed by atoms with Gasteiger partial charge >= 0.3 is 5.97 Å². The van der Waals surface area contributed by atoms with Crippen LogP contribution < -0.4 is 10.1 Å². The first-order chi connectivity index (χ1) is 17.9. The van der Waals surface area contributed by atoms with Crippen molar-refractivity contribution in [2.75, 3.05) is 20.7 Å². The van der Waals surface area contributed by atoms with Crippen LogP contribution in [0, 0.1) is 0 Å². The molecule has 2 bridgehead atoms. The minimum absolute atomic E-state index is 0.150. The second kappa shape index (κ2) is 7.96. The highest BCUT2D eigenvalue weighted by molar-refractivity contribution is 5.84. The van der Waals surface area contributed by atoms with E-state index in [-0.39, 0.29) is 23.9 Å². The molecule has 2 unspecified atom stereocenters. The van der Waals surface area contributed by atoms with Crippen LogP contribution in [0.25, 0.3) is 10.9 Å². The molecule has 1 saturated carbocycles. The van der Waals surface area contributed by atoms with Crippen LogP contribution in [0.15, 0.2) is 42.6 Å². The Bertz CT molecular complexity index is 1400. The van der Waals surface area contributed by atoms with E-state index in [1.165, 1.54) is 5.56 Å². The molecule has 1 saturated heterocycles. The second-order valence-electron chi connectivity index (χ2n) is 11.3. The number of rotatable bonds is 6. The number of piperidine rings is 1. The zero-order valence-electron chi connectivity index (χ0n) is 21.2. The van der Waals surface area contributed by atoms with Crippen LogP contribution >= 0.6 is 0 Å². The van der Waals surface area contributed by atoms with E-state index in [4.69, 9.17) is 9.47 Å². The van der Waals surface area contributed by atoms with Gasteiger partial charge in [0.05, 0.1) is 11.0 Å². The standard InChI is InChI=1S/C29H33N3O5/c1-32-12-11-28-24-16-7-8-22(33)25(24)37-26(28)20(9-10-29(28,36-2)23(32)14-16)31-21(27(34)35)13-17-15-30-19-6-4-3-5-18(17)19/h3-8,15,20-21,23,26,30-31,33H,9-14H2,1-2H3,(H,34,35)/t20-,21-,23?,26-,28?,29+/m0/s1. The summed E-state index contributed by atoms with van der Waals surface area (Å²) in [5, 5.41) is 25.7. The number of carboxylic acids is 1. The lowest BCUT2D eigenvalue weighted by molar-refractivity contribution is -0.204. The smallest absolute Gasteiger partial charge is 0.321 e. The van der Waals surface area contributed by atoms with Crippen molar-refractivity contribution < 1.29 is 24.5 Å². The van der Waals surface area contributed by atoms with Gasteiger partial charge in [-0.3, -0.25) is 10.1 Å². The SMILES string of the molecule is CO[C@@]12CC[C@H](N[C@@H](Cc3c[nH]c4ccccc34)C(=O)O)[C@@H]3Oc4c(O)ccc5c4C31CCN(C)C2C5. The molecule has 7 rings (SSSR count). The molecule has 2 fully saturated rings. The molecule has 0 amide bonds. The number of hydrogen-bond donors (Lipinski definition) is 4. The lowest BCUT2D eigenvalue weighted by atomic mass is 9.48. The predicted octanol–water partition coefficient (Wildman–Crippen LogP) is 2.97. The Hall–Kier alpha value is -3.07. The fourth-order valence-electron chi connectivity index (χ4n) is 8.31. The fourth-order valence-corrected chi connectivity index (χ4v) is 8.31. The minimum Gasteiger partial charge on any atom is -0.504 e.